The zero-order chi connectivity index (χ0) is 15.2. The van der Waals surface area contributed by atoms with E-state index < -0.39 is 0 Å². The first-order chi connectivity index (χ1) is 10.1. The molecule has 2 rings (SSSR count). The van der Waals surface area contributed by atoms with Crippen LogP contribution in [0.3, 0.4) is 0 Å². The zero-order valence-corrected chi connectivity index (χ0v) is 13.7. The molecular formula is C18H23NOS. The van der Waals surface area contributed by atoms with Gasteiger partial charge in [-0.2, -0.15) is 0 Å². The molecule has 1 unspecified atom stereocenters. The van der Waals surface area contributed by atoms with Gasteiger partial charge in [0.2, 0.25) is 0 Å². The van der Waals surface area contributed by atoms with Crippen molar-refractivity contribution in [3.05, 3.63) is 59.7 Å². The fourth-order valence-electron chi connectivity index (χ4n) is 2.19. The summed E-state index contributed by atoms with van der Waals surface area (Å²) in [7, 11) is 1.69. The third-order valence-electron chi connectivity index (χ3n) is 3.50. The molecule has 0 aromatic heterocycles. The number of hydrogen-bond donors (Lipinski definition) is 1. The van der Waals surface area contributed by atoms with Crippen molar-refractivity contribution in [1.82, 2.24) is 0 Å². The number of thioether (sulfide) groups is 1. The van der Waals surface area contributed by atoms with Crippen LogP contribution in [0.4, 0.5) is 0 Å². The lowest BCUT2D eigenvalue weighted by molar-refractivity contribution is 0.414. The van der Waals surface area contributed by atoms with Crippen LogP contribution in [0.25, 0.3) is 0 Å². The third kappa shape index (κ3) is 4.26. The summed E-state index contributed by atoms with van der Waals surface area (Å²) in [6.07, 6.45) is 0. The summed E-state index contributed by atoms with van der Waals surface area (Å²) in [6.45, 7) is 5.02. The molecule has 0 bridgehead atoms. The Bertz CT molecular complexity index is 566. The molecule has 0 heterocycles. The molecule has 0 saturated heterocycles. The molecule has 2 nitrogen and oxygen atoms in total. The van der Waals surface area contributed by atoms with E-state index in [4.69, 9.17) is 10.5 Å². The Balaban J connectivity index is 2.14. The summed E-state index contributed by atoms with van der Waals surface area (Å²) in [6, 6.07) is 16.9. The third-order valence-corrected chi connectivity index (χ3v) is 4.80. The van der Waals surface area contributed by atoms with E-state index in [1.807, 2.05) is 12.1 Å². The predicted octanol–water partition coefficient (Wildman–Crippen LogP) is 4.61. The minimum Gasteiger partial charge on any atom is -0.497 e. The smallest absolute Gasteiger partial charge is 0.119 e. The maximum atomic E-state index is 5.96. The first kappa shape index (κ1) is 15.9. The average Bonchev–Trinajstić information content (AvgIpc) is 2.53. The van der Waals surface area contributed by atoms with Gasteiger partial charge in [0, 0.05) is 16.7 Å². The van der Waals surface area contributed by atoms with Crippen molar-refractivity contribution in [3.8, 4) is 5.75 Å². The Labute approximate surface area is 131 Å². The van der Waals surface area contributed by atoms with Gasteiger partial charge in [-0.1, -0.05) is 38.1 Å². The largest absolute Gasteiger partial charge is 0.497 e. The molecule has 0 spiro atoms. The maximum absolute atomic E-state index is 5.96. The lowest BCUT2D eigenvalue weighted by Gasteiger charge is -2.16. The molecule has 0 aliphatic rings. The Morgan fingerprint density at radius 1 is 1.05 bits per heavy atom. The van der Waals surface area contributed by atoms with Gasteiger partial charge in [-0.05, 0) is 41.3 Å². The summed E-state index contributed by atoms with van der Waals surface area (Å²) in [5.41, 5.74) is 8.53. The molecule has 2 aromatic rings. The van der Waals surface area contributed by atoms with Gasteiger partial charge < -0.3 is 10.5 Å². The molecule has 0 saturated carbocycles. The van der Waals surface area contributed by atoms with Crippen molar-refractivity contribution in [2.45, 2.75) is 29.9 Å². The topological polar surface area (TPSA) is 35.2 Å². The second kappa shape index (κ2) is 7.53. The van der Waals surface area contributed by atoms with E-state index in [9.17, 15) is 0 Å². The van der Waals surface area contributed by atoms with E-state index in [0.29, 0.717) is 12.5 Å². The van der Waals surface area contributed by atoms with Crippen molar-refractivity contribution in [1.29, 1.82) is 0 Å². The molecule has 2 N–H and O–H groups in total. The van der Waals surface area contributed by atoms with Crippen LogP contribution in [0.15, 0.2) is 53.4 Å². The molecular weight excluding hydrogens is 278 g/mol. The molecule has 1 atom stereocenters. The predicted molar refractivity (Wildman–Crippen MR) is 91.2 cm³/mol. The second-order valence-electron chi connectivity index (χ2n) is 5.34. The molecule has 0 radical (unpaired) electrons. The number of ether oxygens (including phenoxy) is 1. The Morgan fingerprint density at radius 2 is 1.76 bits per heavy atom. The van der Waals surface area contributed by atoms with Crippen molar-refractivity contribution < 1.29 is 4.74 Å². The van der Waals surface area contributed by atoms with Gasteiger partial charge >= 0.3 is 0 Å². The summed E-state index contributed by atoms with van der Waals surface area (Å²) < 4.78 is 5.29. The van der Waals surface area contributed by atoms with Crippen LogP contribution >= 0.6 is 11.8 Å². The molecule has 0 fully saturated rings. The van der Waals surface area contributed by atoms with Crippen LogP contribution in [0.5, 0.6) is 5.75 Å². The zero-order valence-electron chi connectivity index (χ0n) is 12.9. The standard InChI is InChI=1S/C18H23NOS/c1-13(2)14-7-9-17(10-8-14)21-18(12-19)15-5-4-6-16(11-15)20-3/h4-11,13,18H,12,19H2,1-3H3. The number of benzene rings is 2. The quantitative estimate of drug-likeness (QED) is 0.791. The monoisotopic (exact) mass is 301 g/mol. The van der Waals surface area contributed by atoms with E-state index in [1.54, 1.807) is 18.9 Å². The fourth-order valence-corrected chi connectivity index (χ4v) is 3.19. The van der Waals surface area contributed by atoms with E-state index >= 15 is 0 Å². The van der Waals surface area contributed by atoms with Crippen LogP contribution in [0.2, 0.25) is 0 Å². The first-order valence-electron chi connectivity index (χ1n) is 7.24. The summed E-state index contributed by atoms with van der Waals surface area (Å²) in [5.74, 6) is 1.44. The Kier molecular flexibility index (Phi) is 5.71. The van der Waals surface area contributed by atoms with Gasteiger partial charge in [0.15, 0.2) is 0 Å². The number of methoxy groups -OCH3 is 1. The van der Waals surface area contributed by atoms with Gasteiger partial charge in [0.1, 0.15) is 5.75 Å². The normalized spacial score (nSPS) is 12.4. The maximum Gasteiger partial charge on any atom is 0.119 e. The van der Waals surface area contributed by atoms with Crippen LogP contribution < -0.4 is 10.5 Å². The highest BCUT2D eigenvalue weighted by molar-refractivity contribution is 7.99. The fraction of sp³-hybridized carbons (Fsp3) is 0.333. The van der Waals surface area contributed by atoms with Gasteiger partial charge in [-0.25, -0.2) is 0 Å². The Hall–Kier alpha value is -1.45. The lowest BCUT2D eigenvalue weighted by Crippen LogP contribution is -2.09. The molecule has 2 aromatic carbocycles. The number of nitrogens with two attached hydrogens (primary N) is 1. The van der Waals surface area contributed by atoms with Crippen molar-refractivity contribution >= 4 is 11.8 Å². The van der Waals surface area contributed by atoms with Gasteiger partial charge in [-0.3, -0.25) is 0 Å². The minimum absolute atomic E-state index is 0.241. The van der Waals surface area contributed by atoms with Crippen LogP contribution in [0.1, 0.15) is 36.1 Å². The van der Waals surface area contributed by atoms with Crippen molar-refractivity contribution in [3.63, 3.8) is 0 Å². The molecule has 0 aliphatic carbocycles. The molecule has 3 heteroatoms. The van der Waals surface area contributed by atoms with Gasteiger partial charge in [-0.15, -0.1) is 11.8 Å². The molecule has 0 aliphatic heterocycles. The van der Waals surface area contributed by atoms with E-state index in [-0.39, 0.29) is 5.25 Å². The summed E-state index contributed by atoms with van der Waals surface area (Å²) in [4.78, 5) is 1.25. The van der Waals surface area contributed by atoms with Gasteiger partial charge in [0.05, 0.1) is 7.11 Å². The number of hydrogen-bond acceptors (Lipinski definition) is 3. The molecule has 0 amide bonds. The SMILES string of the molecule is COc1cccc(C(CN)Sc2ccc(C(C)C)cc2)c1. The summed E-state index contributed by atoms with van der Waals surface area (Å²) >= 11 is 1.80. The van der Waals surface area contributed by atoms with Crippen LogP contribution in [-0.2, 0) is 0 Å². The first-order valence-corrected chi connectivity index (χ1v) is 8.12. The van der Waals surface area contributed by atoms with E-state index in [1.165, 1.54) is 16.0 Å². The minimum atomic E-state index is 0.241. The van der Waals surface area contributed by atoms with Gasteiger partial charge in [0.25, 0.3) is 0 Å². The van der Waals surface area contributed by atoms with Crippen LogP contribution in [0, 0.1) is 0 Å². The Morgan fingerprint density at radius 3 is 2.33 bits per heavy atom. The van der Waals surface area contributed by atoms with Crippen molar-refractivity contribution in [2.24, 2.45) is 5.73 Å². The average molecular weight is 301 g/mol. The second-order valence-corrected chi connectivity index (χ2v) is 6.62. The van der Waals surface area contributed by atoms with E-state index in [2.05, 4.69) is 50.2 Å². The summed E-state index contributed by atoms with van der Waals surface area (Å²) in [5, 5.41) is 0.241. The molecule has 112 valence electrons. The highest BCUT2D eigenvalue weighted by atomic mass is 32.2. The molecule has 21 heavy (non-hydrogen) atoms. The van der Waals surface area contributed by atoms with Crippen LogP contribution in [-0.4, -0.2) is 13.7 Å². The lowest BCUT2D eigenvalue weighted by atomic mass is 10.0. The van der Waals surface area contributed by atoms with E-state index in [0.717, 1.165) is 5.75 Å². The van der Waals surface area contributed by atoms with Crippen molar-refractivity contribution in [2.75, 3.05) is 13.7 Å². The highest BCUT2D eigenvalue weighted by Crippen LogP contribution is 2.36. The highest BCUT2D eigenvalue weighted by Gasteiger charge is 2.12. The number of rotatable bonds is 6.